The summed E-state index contributed by atoms with van der Waals surface area (Å²) in [6.07, 6.45) is -0.176. The zero-order valence-corrected chi connectivity index (χ0v) is 17.7. The van der Waals surface area contributed by atoms with Crippen molar-refractivity contribution in [1.82, 2.24) is 0 Å². The van der Waals surface area contributed by atoms with Crippen LogP contribution in [0.4, 0.5) is 11.4 Å². The molecule has 1 aliphatic rings. The van der Waals surface area contributed by atoms with Crippen molar-refractivity contribution in [3.05, 3.63) is 42.5 Å². The number of nitrogens with one attached hydrogen (secondary N) is 2. The van der Waals surface area contributed by atoms with E-state index < -0.39 is 15.7 Å². The quantitative estimate of drug-likeness (QED) is 0.693. The third-order valence-corrected chi connectivity index (χ3v) is 7.18. The van der Waals surface area contributed by atoms with Gasteiger partial charge in [-0.25, -0.2) is 8.42 Å². The molecule has 2 amide bonds. The Kier molecular flexibility index (Phi) is 6.49. The normalized spacial score (nSPS) is 15.9. The highest BCUT2D eigenvalue weighted by molar-refractivity contribution is 8.01. The first kappa shape index (κ1) is 21.2. The maximum atomic E-state index is 12.6. The van der Waals surface area contributed by atoms with Crippen LogP contribution in [-0.2, 0) is 19.4 Å². The number of sulfone groups is 1. The Balaban J connectivity index is 1.61. The second kappa shape index (κ2) is 8.87. The molecule has 0 saturated heterocycles. The van der Waals surface area contributed by atoms with Gasteiger partial charge in [-0.2, -0.15) is 0 Å². The summed E-state index contributed by atoms with van der Waals surface area (Å²) >= 11 is 1.38. The number of fused-ring (bicyclic) bond motifs is 1. The predicted octanol–water partition coefficient (Wildman–Crippen LogP) is 3.32. The molecule has 0 aliphatic carbocycles. The summed E-state index contributed by atoms with van der Waals surface area (Å²) in [6.45, 7) is 4.22. The third-order valence-electron chi connectivity index (χ3n) is 4.29. The summed E-state index contributed by atoms with van der Waals surface area (Å²) in [6, 6.07) is 11.5. The van der Waals surface area contributed by atoms with Crippen molar-refractivity contribution in [2.24, 2.45) is 0 Å². The van der Waals surface area contributed by atoms with Crippen molar-refractivity contribution in [3.63, 3.8) is 0 Å². The smallest absolute Gasteiger partial charge is 0.237 e. The average molecular weight is 435 g/mol. The first-order chi connectivity index (χ1) is 13.8. The standard InChI is InChI=1S/C20H22N2O5S2/c1-3-27-15-6-4-14(5-7-15)21-19(23)10-11-29(25,26)16-8-9-18-17(12-16)22-20(24)13(2)28-18/h4-9,12-13H,3,10-11H2,1-2H3,(H,21,23)(H,22,24). The van der Waals surface area contributed by atoms with E-state index in [1.54, 1.807) is 37.3 Å². The SMILES string of the molecule is CCOc1ccc(NC(=O)CCS(=O)(=O)c2ccc3c(c2)NC(=O)C(C)S3)cc1. The van der Waals surface area contributed by atoms with Crippen LogP contribution in [-0.4, -0.2) is 37.8 Å². The van der Waals surface area contributed by atoms with Gasteiger partial charge in [0, 0.05) is 17.0 Å². The highest BCUT2D eigenvalue weighted by Gasteiger charge is 2.25. The van der Waals surface area contributed by atoms with Crippen molar-refractivity contribution in [3.8, 4) is 5.75 Å². The number of amides is 2. The van der Waals surface area contributed by atoms with Gasteiger partial charge in [0.1, 0.15) is 5.75 Å². The topological polar surface area (TPSA) is 102 Å². The molecule has 0 aromatic heterocycles. The molecular formula is C20H22N2O5S2. The molecule has 3 rings (SSSR count). The van der Waals surface area contributed by atoms with Crippen molar-refractivity contribution in [2.75, 3.05) is 23.0 Å². The fourth-order valence-corrected chi connectivity index (χ4v) is 4.94. The lowest BCUT2D eigenvalue weighted by molar-refractivity contribution is -0.116. The molecule has 2 aromatic rings. The molecule has 7 nitrogen and oxygen atoms in total. The Bertz CT molecular complexity index is 1020. The maximum Gasteiger partial charge on any atom is 0.237 e. The average Bonchev–Trinajstić information content (AvgIpc) is 2.69. The molecule has 1 heterocycles. The number of hydrogen-bond acceptors (Lipinski definition) is 6. The van der Waals surface area contributed by atoms with Gasteiger partial charge in [-0.1, -0.05) is 0 Å². The molecule has 0 bridgehead atoms. The maximum absolute atomic E-state index is 12.6. The highest BCUT2D eigenvalue weighted by Crippen LogP contribution is 2.36. The molecule has 0 fully saturated rings. The molecule has 1 aliphatic heterocycles. The summed E-state index contributed by atoms with van der Waals surface area (Å²) in [7, 11) is -3.67. The Morgan fingerprint density at radius 1 is 1.21 bits per heavy atom. The lowest BCUT2D eigenvalue weighted by Gasteiger charge is -2.21. The third kappa shape index (κ3) is 5.30. The van der Waals surface area contributed by atoms with E-state index in [1.165, 1.54) is 23.9 Å². The van der Waals surface area contributed by atoms with Crippen LogP contribution >= 0.6 is 11.8 Å². The van der Waals surface area contributed by atoms with Gasteiger partial charge in [-0.3, -0.25) is 9.59 Å². The van der Waals surface area contributed by atoms with Gasteiger partial charge >= 0.3 is 0 Å². The van der Waals surface area contributed by atoms with Crippen molar-refractivity contribution in [1.29, 1.82) is 0 Å². The zero-order valence-electron chi connectivity index (χ0n) is 16.1. The van der Waals surface area contributed by atoms with Crippen LogP contribution in [0.2, 0.25) is 0 Å². The summed E-state index contributed by atoms with van der Waals surface area (Å²) < 4.78 is 30.6. The Hall–Kier alpha value is -2.52. The zero-order chi connectivity index (χ0) is 21.0. The van der Waals surface area contributed by atoms with Gasteiger partial charge in [0.25, 0.3) is 0 Å². The minimum Gasteiger partial charge on any atom is -0.494 e. The van der Waals surface area contributed by atoms with Crippen LogP contribution in [0, 0.1) is 0 Å². The molecule has 1 unspecified atom stereocenters. The molecule has 0 saturated carbocycles. The van der Waals surface area contributed by atoms with Gasteiger partial charge in [0.15, 0.2) is 9.84 Å². The van der Waals surface area contributed by atoms with Crippen molar-refractivity contribution >= 4 is 44.8 Å². The summed E-state index contributed by atoms with van der Waals surface area (Å²) in [4.78, 5) is 24.9. The van der Waals surface area contributed by atoms with Crippen LogP contribution in [0.3, 0.4) is 0 Å². The fraction of sp³-hybridized carbons (Fsp3) is 0.300. The van der Waals surface area contributed by atoms with Gasteiger partial charge < -0.3 is 15.4 Å². The van der Waals surface area contributed by atoms with E-state index in [0.717, 1.165) is 4.90 Å². The number of carbonyl (C=O) groups is 2. The Labute approximate surface area is 174 Å². The van der Waals surface area contributed by atoms with Crippen molar-refractivity contribution in [2.45, 2.75) is 35.3 Å². The van der Waals surface area contributed by atoms with E-state index in [0.29, 0.717) is 23.7 Å². The van der Waals surface area contributed by atoms with Gasteiger partial charge in [0.05, 0.1) is 28.2 Å². The first-order valence-corrected chi connectivity index (χ1v) is 11.7. The molecule has 0 spiro atoms. The number of hydrogen-bond donors (Lipinski definition) is 2. The molecule has 154 valence electrons. The van der Waals surface area contributed by atoms with E-state index in [-0.39, 0.29) is 28.2 Å². The lowest BCUT2D eigenvalue weighted by atomic mass is 10.3. The molecule has 0 radical (unpaired) electrons. The number of carbonyl (C=O) groups excluding carboxylic acids is 2. The van der Waals surface area contributed by atoms with Gasteiger partial charge in [-0.15, -0.1) is 11.8 Å². The van der Waals surface area contributed by atoms with Crippen molar-refractivity contribution < 1.29 is 22.7 Å². The molecule has 1 atom stereocenters. The number of thioether (sulfide) groups is 1. The monoisotopic (exact) mass is 434 g/mol. The first-order valence-electron chi connectivity index (χ1n) is 9.15. The van der Waals surface area contributed by atoms with E-state index in [4.69, 9.17) is 4.74 Å². The van der Waals surface area contributed by atoms with Crippen LogP contribution in [0.1, 0.15) is 20.3 Å². The van der Waals surface area contributed by atoms with E-state index >= 15 is 0 Å². The molecule has 2 N–H and O–H groups in total. The van der Waals surface area contributed by atoms with Crippen LogP contribution in [0.5, 0.6) is 5.75 Å². The second-order valence-corrected chi connectivity index (χ2v) is 9.97. The summed E-state index contributed by atoms with van der Waals surface area (Å²) in [5, 5.41) is 5.17. The molecule has 29 heavy (non-hydrogen) atoms. The van der Waals surface area contributed by atoms with Crippen LogP contribution in [0.15, 0.2) is 52.3 Å². The molecule has 2 aromatic carbocycles. The minimum atomic E-state index is -3.67. The fourth-order valence-electron chi connectivity index (χ4n) is 2.75. The largest absolute Gasteiger partial charge is 0.494 e. The van der Waals surface area contributed by atoms with E-state index in [2.05, 4.69) is 10.6 Å². The van der Waals surface area contributed by atoms with Gasteiger partial charge in [-0.05, 0) is 56.3 Å². The number of anilines is 2. The van der Waals surface area contributed by atoms with Crippen LogP contribution < -0.4 is 15.4 Å². The molecule has 9 heteroatoms. The Morgan fingerprint density at radius 3 is 2.62 bits per heavy atom. The second-order valence-electron chi connectivity index (χ2n) is 6.48. The number of benzene rings is 2. The van der Waals surface area contributed by atoms with E-state index in [1.807, 2.05) is 6.92 Å². The highest BCUT2D eigenvalue weighted by atomic mass is 32.2. The predicted molar refractivity (Wildman–Crippen MR) is 113 cm³/mol. The minimum absolute atomic E-state index is 0.0839. The summed E-state index contributed by atoms with van der Waals surface area (Å²) in [5.74, 6) is -0.188. The summed E-state index contributed by atoms with van der Waals surface area (Å²) in [5.41, 5.74) is 1.05. The number of rotatable bonds is 7. The Morgan fingerprint density at radius 2 is 1.93 bits per heavy atom. The van der Waals surface area contributed by atoms with E-state index in [9.17, 15) is 18.0 Å². The van der Waals surface area contributed by atoms with Crippen LogP contribution in [0.25, 0.3) is 0 Å². The van der Waals surface area contributed by atoms with Gasteiger partial charge in [0.2, 0.25) is 11.8 Å². The number of ether oxygens (including phenoxy) is 1. The molecular weight excluding hydrogens is 412 g/mol. The lowest BCUT2D eigenvalue weighted by Crippen LogP contribution is -2.26.